The summed E-state index contributed by atoms with van der Waals surface area (Å²) >= 11 is 2.26. The zero-order chi connectivity index (χ0) is 12.1. The van der Waals surface area contributed by atoms with Crippen molar-refractivity contribution in [2.24, 2.45) is 5.92 Å². The molecule has 1 rings (SSSR count). The maximum absolute atomic E-state index is 11.6. The second-order valence-electron chi connectivity index (χ2n) is 2.98. The van der Waals surface area contributed by atoms with Crippen LogP contribution in [-0.4, -0.2) is 27.9 Å². The fourth-order valence-electron chi connectivity index (χ4n) is 0.858. The number of hydrogen-bond acceptors (Lipinski definition) is 7. The van der Waals surface area contributed by atoms with E-state index in [4.69, 9.17) is 4.74 Å². The predicted molar refractivity (Wildman–Crippen MR) is 61.3 cm³/mol. The number of thioether (sulfide) groups is 1. The first kappa shape index (κ1) is 13.1. The van der Waals surface area contributed by atoms with Crippen molar-refractivity contribution >= 4 is 34.2 Å². The average molecular weight is 260 g/mol. The fraction of sp³-hybridized carbons (Fsp3) is 0.556. The number of carbonyl (C=O) groups excluding carboxylic acids is 2. The Bertz CT molecular complexity index is 392. The highest BCUT2D eigenvalue weighted by Crippen LogP contribution is 2.25. The van der Waals surface area contributed by atoms with Crippen LogP contribution in [0.5, 0.6) is 0 Å². The summed E-state index contributed by atoms with van der Waals surface area (Å²) < 4.78 is 5.32. The monoisotopic (exact) mass is 260 g/mol. The molecular weight excluding hydrogens is 248 g/mol. The molecule has 0 radical (unpaired) electrons. The second kappa shape index (κ2) is 5.95. The van der Waals surface area contributed by atoms with E-state index in [-0.39, 0.29) is 11.7 Å². The lowest BCUT2D eigenvalue weighted by Gasteiger charge is -2.07. The largest absolute Gasteiger partial charge is 0.465 e. The first-order valence-corrected chi connectivity index (χ1v) is 6.36. The molecule has 0 aliphatic carbocycles. The number of aryl methyl sites for hydroxylation is 1. The molecule has 0 N–H and O–H groups in total. The van der Waals surface area contributed by atoms with Crippen LogP contribution in [0.2, 0.25) is 0 Å². The molecule has 7 heteroatoms. The van der Waals surface area contributed by atoms with Crippen molar-refractivity contribution in [1.29, 1.82) is 0 Å². The molecule has 0 amide bonds. The van der Waals surface area contributed by atoms with Crippen molar-refractivity contribution in [3.05, 3.63) is 5.01 Å². The predicted octanol–water partition coefficient (Wildman–Crippen LogP) is 1.66. The summed E-state index contributed by atoms with van der Waals surface area (Å²) in [5, 5.41) is 8.11. The van der Waals surface area contributed by atoms with Gasteiger partial charge in [0.2, 0.25) is 5.12 Å². The SMILES string of the molecule is CCOC(=O)C(C)C(=O)Sc1nnc(C)s1. The molecule has 0 saturated heterocycles. The lowest BCUT2D eigenvalue weighted by Crippen LogP contribution is -2.21. The summed E-state index contributed by atoms with van der Waals surface area (Å²) in [4.78, 5) is 22.9. The number of rotatable bonds is 4. The van der Waals surface area contributed by atoms with Crippen molar-refractivity contribution in [2.45, 2.75) is 25.1 Å². The van der Waals surface area contributed by atoms with Gasteiger partial charge in [-0.05, 0) is 32.5 Å². The highest BCUT2D eigenvalue weighted by atomic mass is 32.2. The summed E-state index contributed by atoms with van der Waals surface area (Å²) in [6.45, 7) is 5.32. The molecule has 0 aromatic carbocycles. The lowest BCUT2D eigenvalue weighted by atomic mass is 10.2. The van der Waals surface area contributed by atoms with Gasteiger partial charge in [-0.15, -0.1) is 10.2 Å². The number of hydrogen-bond donors (Lipinski definition) is 0. The highest BCUT2D eigenvalue weighted by molar-refractivity contribution is 8.15. The summed E-state index contributed by atoms with van der Waals surface area (Å²) in [6, 6.07) is 0. The van der Waals surface area contributed by atoms with Gasteiger partial charge in [-0.3, -0.25) is 9.59 Å². The molecule has 0 aliphatic heterocycles. The van der Waals surface area contributed by atoms with E-state index in [0.717, 1.165) is 16.8 Å². The molecule has 0 aliphatic rings. The van der Waals surface area contributed by atoms with Gasteiger partial charge < -0.3 is 4.74 Å². The van der Waals surface area contributed by atoms with Crippen molar-refractivity contribution in [2.75, 3.05) is 6.61 Å². The summed E-state index contributed by atoms with van der Waals surface area (Å²) in [6.07, 6.45) is 0. The van der Waals surface area contributed by atoms with E-state index in [1.807, 2.05) is 0 Å². The number of aromatic nitrogens is 2. The Balaban J connectivity index is 2.55. The van der Waals surface area contributed by atoms with E-state index in [2.05, 4.69) is 10.2 Å². The van der Waals surface area contributed by atoms with Crippen LogP contribution in [0.1, 0.15) is 18.9 Å². The Labute approximate surface area is 102 Å². The molecular formula is C9H12N2O3S2. The van der Waals surface area contributed by atoms with Gasteiger partial charge in [0, 0.05) is 0 Å². The summed E-state index contributed by atoms with van der Waals surface area (Å²) in [5.41, 5.74) is 0. The molecule has 0 spiro atoms. The lowest BCUT2D eigenvalue weighted by molar-refractivity contribution is -0.149. The van der Waals surface area contributed by atoms with E-state index in [1.165, 1.54) is 18.3 Å². The Hall–Kier alpha value is -0.950. The topological polar surface area (TPSA) is 69.2 Å². The average Bonchev–Trinajstić information content (AvgIpc) is 2.63. The Morgan fingerprint density at radius 3 is 2.69 bits per heavy atom. The minimum Gasteiger partial charge on any atom is -0.465 e. The van der Waals surface area contributed by atoms with E-state index in [0.29, 0.717) is 4.34 Å². The molecule has 1 aromatic rings. The van der Waals surface area contributed by atoms with Crippen LogP contribution in [0.4, 0.5) is 0 Å². The summed E-state index contributed by atoms with van der Waals surface area (Å²) in [5.74, 6) is -1.27. The molecule has 1 heterocycles. The number of carbonyl (C=O) groups is 2. The quantitative estimate of drug-likeness (QED) is 0.466. The van der Waals surface area contributed by atoms with Crippen molar-refractivity contribution < 1.29 is 14.3 Å². The van der Waals surface area contributed by atoms with Crippen LogP contribution < -0.4 is 0 Å². The van der Waals surface area contributed by atoms with Crippen LogP contribution in [0, 0.1) is 12.8 Å². The maximum Gasteiger partial charge on any atom is 0.317 e. The van der Waals surface area contributed by atoms with E-state index in [9.17, 15) is 9.59 Å². The first-order valence-electron chi connectivity index (χ1n) is 4.73. The van der Waals surface area contributed by atoms with Gasteiger partial charge in [0.25, 0.3) is 0 Å². The van der Waals surface area contributed by atoms with Crippen LogP contribution in [0.3, 0.4) is 0 Å². The summed E-state index contributed by atoms with van der Waals surface area (Å²) in [7, 11) is 0. The van der Waals surface area contributed by atoms with Gasteiger partial charge in [0.15, 0.2) is 4.34 Å². The molecule has 1 atom stereocenters. The van der Waals surface area contributed by atoms with Crippen LogP contribution in [0.25, 0.3) is 0 Å². The van der Waals surface area contributed by atoms with Gasteiger partial charge in [-0.2, -0.15) is 0 Å². The molecule has 0 fully saturated rings. The fourth-order valence-corrected chi connectivity index (χ4v) is 2.58. The minimum atomic E-state index is -0.769. The zero-order valence-electron chi connectivity index (χ0n) is 9.22. The smallest absolute Gasteiger partial charge is 0.317 e. The molecule has 88 valence electrons. The second-order valence-corrected chi connectivity index (χ2v) is 5.42. The number of nitrogens with zero attached hydrogens (tertiary/aromatic N) is 2. The Morgan fingerprint density at radius 1 is 1.50 bits per heavy atom. The van der Waals surface area contributed by atoms with Crippen LogP contribution in [0.15, 0.2) is 4.34 Å². The molecule has 1 aromatic heterocycles. The van der Waals surface area contributed by atoms with E-state index >= 15 is 0 Å². The van der Waals surface area contributed by atoms with Gasteiger partial charge in [0.05, 0.1) is 6.61 Å². The van der Waals surface area contributed by atoms with Crippen molar-refractivity contribution in [3.63, 3.8) is 0 Å². The maximum atomic E-state index is 11.6. The Kier molecular flexibility index (Phi) is 4.88. The molecule has 0 bridgehead atoms. The van der Waals surface area contributed by atoms with E-state index in [1.54, 1.807) is 13.8 Å². The first-order chi connectivity index (χ1) is 7.54. The van der Waals surface area contributed by atoms with Gasteiger partial charge in [-0.1, -0.05) is 11.3 Å². The molecule has 5 nitrogen and oxygen atoms in total. The van der Waals surface area contributed by atoms with Gasteiger partial charge in [0.1, 0.15) is 10.9 Å². The molecule has 16 heavy (non-hydrogen) atoms. The zero-order valence-corrected chi connectivity index (χ0v) is 10.9. The standard InChI is InChI=1S/C9H12N2O3S2/c1-4-14-7(12)5(2)8(13)16-9-11-10-6(3)15-9/h5H,4H2,1-3H3. The number of ether oxygens (including phenoxy) is 1. The Morgan fingerprint density at radius 2 is 2.19 bits per heavy atom. The van der Waals surface area contributed by atoms with Crippen molar-refractivity contribution in [3.8, 4) is 0 Å². The highest BCUT2D eigenvalue weighted by Gasteiger charge is 2.24. The van der Waals surface area contributed by atoms with E-state index < -0.39 is 11.9 Å². The minimum absolute atomic E-state index is 0.269. The molecule has 0 saturated carbocycles. The van der Waals surface area contributed by atoms with Crippen LogP contribution in [-0.2, 0) is 14.3 Å². The third kappa shape index (κ3) is 3.57. The third-order valence-corrected chi connectivity index (χ3v) is 3.63. The number of esters is 1. The van der Waals surface area contributed by atoms with Gasteiger partial charge in [-0.25, -0.2) is 0 Å². The van der Waals surface area contributed by atoms with Gasteiger partial charge >= 0.3 is 5.97 Å². The van der Waals surface area contributed by atoms with Crippen molar-refractivity contribution in [1.82, 2.24) is 10.2 Å². The third-order valence-electron chi connectivity index (χ3n) is 1.69. The van der Waals surface area contributed by atoms with Crippen LogP contribution >= 0.6 is 23.1 Å². The molecule has 1 unspecified atom stereocenters. The normalized spacial score (nSPS) is 12.2.